The first-order chi connectivity index (χ1) is 9.95. The maximum atomic E-state index is 12.0. The van der Waals surface area contributed by atoms with Gasteiger partial charge in [0.1, 0.15) is 0 Å². The van der Waals surface area contributed by atoms with Gasteiger partial charge in [0, 0.05) is 26.2 Å². The highest BCUT2D eigenvalue weighted by molar-refractivity contribution is 7.15. The molecule has 0 aromatic carbocycles. The van der Waals surface area contributed by atoms with Gasteiger partial charge in [-0.25, -0.2) is 0 Å². The van der Waals surface area contributed by atoms with E-state index in [2.05, 4.69) is 24.1 Å². The van der Waals surface area contributed by atoms with Crippen molar-refractivity contribution < 1.29 is 14.3 Å². The number of rotatable bonds is 5. The molecule has 1 N–H and O–H groups in total. The molecule has 1 aromatic rings. The third-order valence-electron chi connectivity index (χ3n) is 3.39. The van der Waals surface area contributed by atoms with E-state index in [1.165, 1.54) is 18.3 Å². The summed E-state index contributed by atoms with van der Waals surface area (Å²) in [7, 11) is 0. The Hall–Kier alpha value is -1.24. The molecule has 1 aliphatic heterocycles. The maximum Gasteiger partial charge on any atom is 0.261 e. The maximum absolute atomic E-state index is 12.0. The first-order valence-electron chi connectivity index (χ1n) is 7.22. The number of carbonyl (C=O) groups excluding carboxylic acids is 2. The van der Waals surface area contributed by atoms with Gasteiger partial charge in [0.15, 0.2) is 5.78 Å². The predicted molar refractivity (Wildman–Crippen MR) is 83.1 cm³/mol. The van der Waals surface area contributed by atoms with Crippen molar-refractivity contribution in [3.05, 3.63) is 21.9 Å². The lowest BCUT2D eigenvalue weighted by molar-refractivity contribution is -0.0672. The molecular formula is C15H22N2O3S. The zero-order valence-electron chi connectivity index (χ0n) is 12.7. The van der Waals surface area contributed by atoms with Gasteiger partial charge in [0.2, 0.25) is 0 Å². The molecule has 21 heavy (non-hydrogen) atoms. The van der Waals surface area contributed by atoms with Crippen LogP contribution in [0, 0.1) is 0 Å². The van der Waals surface area contributed by atoms with Crippen molar-refractivity contribution in [3.63, 3.8) is 0 Å². The Kier molecular flexibility index (Phi) is 5.50. The Morgan fingerprint density at radius 1 is 1.29 bits per heavy atom. The van der Waals surface area contributed by atoms with Crippen molar-refractivity contribution >= 4 is 23.0 Å². The molecule has 1 aromatic heterocycles. The van der Waals surface area contributed by atoms with Crippen molar-refractivity contribution in [3.8, 4) is 0 Å². The largest absolute Gasteiger partial charge is 0.373 e. The van der Waals surface area contributed by atoms with Gasteiger partial charge in [-0.15, -0.1) is 11.3 Å². The molecule has 0 spiro atoms. The van der Waals surface area contributed by atoms with Crippen LogP contribution < -0.4 is 5.32 Å². The SMILES string of the molecule is CC(=O)c1ccc(C(=O)NCCN2C[C@H](C)O[C@@H](C)C2)s1. The number of hydrogen-bond acceptors (Lipinski definition) is 5. The summed E-state index contributed by atoms with van der Waals surface area (Å²) in [6, 6.07) is 3.41. The van der Waals surface area contributed by atoms with E-state index in [0.29, 0.717) is 16.3 Å². The highest BCUT2D eigenvalue weighted by Gasteiger charge is 2.21. The molecule has 1 aliphatic rings. The van der Waals surface area contributed by atoms with E-state index in [-0.39, 0.29) is 23.9 Å². The second-order valence-electron chi connectivity index (χ2n) is 5.49. The molecule has 0 unspecified atom stereocenters. The molecule has 1 saturated heterocycles. The molecule has 0 saturated carbocycles. The van der Waals surface area contributed by atoms with Gasteiger partial charge in [-0.3, -0.25) is 14.5 Å². The summed E-state index contributed by atoms with van der Waals surface area (Å²) in [5, 5.41) is 2.91. The number of Topliss-reactive ketones (excluding diaryl/α,β-unsaturated/α-hetero) is 1. The van der Waals surface area contributed by atoms with Gasteiger partial charge >= 0.3 is 0 Å². The minimum absolute atomic E-state index is 0.00431. The third-order valence-corrected chi connectivity index (χ3v) is 4.57. The number of hydrogen-bond donors (Lipinski definition) is 1. The molecule has 0 bridgehead atoms. The minimum atomic E-state index is -0.109. The van der Waals surface area contributed by atoms with Crippen LogP contribution in [-0.4, -0.2) is 55.0 Å². The standard InChI is InChI=1S/C15H22N2O3S/c1-10-8-17(9-11(2)20-10)7-6-16-15(19)14-5-4-13(21-14)12(3)18/h4-5,10-11H,6-9H2,1-3H3,(H,16,19)/t10-,11-/m0/s1. The first-order valence-corrected chi connectivity index (χ1v) is 8.04. The van der Waals surface area contributed by atoms with Crippen LogP contribution in [0.15, 0.2) is 12.1 Å². The van der Waals surface area contributed by atoms with Crippen LogP contribution in [0.3, 0.4) is 0 Å². The number of ketones is 1. The van der Waals surface area contributed by atoms with E-state index in [9.17, 15) is 9.59 Å². The predicted octanol–water partition coefficient (Wildman–Crippen LogP) is 1.79. The lowest BCUT2D eigenvalue weighted by Gasteiger charge is -2.35. The fourth-order valence-electron chi connectivity index (χ4n) is 2.53. The van der Waals surface area contributed by atoms with Crippen LogP contribution in [0.4, 0.5) is 0 Å². The van der Waals surface area contributed by atoms with Gasteiger partial charge < -0.3 is 10.1 Å². The van der Waals surface area contributed by atoms with Crippen molar-refractivity contribution in [1.29, 1.82) is 0 Å². The number of ether oxygens (including phenoxy) is 1. The monoisotopic (exact) mass is 310 g/mol. The quantitative estimate of drug-likeness (QED) is 0.843. The highest BCUT2D eigenvalue weighted by atomic mass is 32.1. The molecule has 0 radical (unpaired) electrons. The van der Waals surface area contributed by atoms with E-state index >= 15 is 0 Å². The third kappa shape index (κ3) is 4.62. The molecule has 1 fully saturated rings. The van der Waals surface area contributed by atoms with Crippen molar-refractivity contribution in [2.24, 2.45) is 0 Å². The Bertz CT molecular complexity index is 505. The zero-order chi connectivity index (χ0) is 15.4. The van der Waals surface area contributed by atoms with Crippen molar-refractivity contribution in [2.75, 3.05) is 26.2 Å². The summed E-state index contributed by atoms with van der Waals surface area (Å²) in [5.74, 6) is -0.114. The second-order valence-corrected chi connectivity index (χ2v) is 6.58. The van der Waals surface area contributed by atoms with E-state index < -0.39 is 0 Å². The number of amides is 1. The van der Waals surface area contributed by atoms with Gasteiger partial charge in [-0.2, -0.15) is 0 Å². The van der Waals surface area contributed by atoms with E-state index in [1.54, 1.807) is 12.1 Å². The highest BCUT2D eigenvalue weighted by Crippen LogP contribution is 2.16. The Balaban J connectivity index is 1.77. The Morgan fingerprint density at radius 2 is 1.90 bits per heavy atom. The van der Waals surface area contributed by atoms with Crippen molar-refractivity contribution in [2.45, 2.75) is 33.0 Å². The molecule has 6 heteroatoms. The fourth-order valence-corrected chi connectivity index (χ4v) is 3.35. The van der Waals surface area contributed by atoms with Gasteiger partial charge in [-0.1, -0.05) is 0 Å². The number of carbonyl (C=O) groups is 2. The molecule has 116 valence electrons. The zero-order valence-corrected chi connectivity index (χ0v) is 13.5. The smallest absolute Gasteiger partial charge is 0.261 e. The summed E-state index contributed by atoms with van der Waals surface area (Å²) in [6.07, 6.45) is 0.472. The average molecular weight is 310 g/mol. The van der Waals surface area contributed by atoms with E-state index in [1.807, 2.05) is 0 Å². The average Bonchev–Trinajstić information content (AvgIpc) is 2.87. The van der Waals surface area contributed by atoms with Crippen LogP contribution in [-0.2, 0) is 4.74 Å². The topological polar surface area (TPSA) is 58.6 Å². The minimum Gasteiger partial charge on any atom is -0.373 e. The first kappa shape index (κ1) is 16.1. The lowest BCUT2D eigenvalue weighted by atomic mass is 10.2. The summed E-state index contributed by atoms with van der Waals surface area (Å²) < 4.78 is 5.68. The molecule has 2 heterocycles. The molecule has 2 rings (SSSR count). The van der Waals surface area contributed by atoms with Gasteiger partial charge in [-0.05, 0) is 32.9 Å². The summed E-state index contributed by atoms with van der Waals surface area (Å²) in [5.41, 5.74) is 0. The molecule has 0 aliphatic carbocycles. The van der Waals surface area contributed by atoms with Gasteiger partial charge in [0.05, 0.1) is 22.0 Å². The van der Waals surface area contributed by atoms with E-state index in [0.717, 1.165) is 19.6 Å². The summed E-state index contributed by atoms with van der Waals surface area (Å²) in [4.78, 5) is 26.7. The molecule has 5 nitrogen and oxygen atoms in total. The fraction of sp³-hybridized carbons (Fsp3) is 0.600. The molecule has 2 atom stereocenters. The van der Waals surface area contributed by atoms with Gasteiger partial charge in [0.25, 0.3) is 5.91 Å². The van der Waals surface area contributed by atoms with Crippen LogP contribution in [0.1, 0.15) is 40.1 Å². The second kappa shape index (κ2) is 7.15. The van der Waals surface area contributed by atoms with Crippen molar-refractivity contribution in [1.82, 2.24) is 10.2 Å². The number of thiophene rings is 1. The molecular weight excluding hydrogens is 288 g/mol. The lowest BCUT2D eigenvalue weighted by Crippen LogP contribution is -2.47. The van der Waals surface area contributed by atoms with Crippen LogP contribution in [0.5, 0.6) is 0 Å². The van der Waals surface area contributed by atoms with E-state index in [4.69, 9.17) is 4.74 Å². The summed E-state index contributed by atoms with van der Waals surface area (Å²) >= 11 is 1.24. The van der Waals surface area contributed by atoms with Crippen LogP contribution in [0.2, 0.25) is 0 Å². The number of nitrogens with zero attached hydrogens (tertiary/aromatic N) is 1. The normalized spacial score (nSPS) is 23.0. The number of nitrogens with one attached hydrogen (secondary N) is 1. The van der Waals surface area contributed by atoms with Crippen LogP contribution >= 0.6 is 11.3 Å². The Morgan fingerprint density at radius 3 is 2.48 bits per heavy atom. The van der Waals surface area contributed by atoms with Crippen LogP contribution in [0.25, 0.3) is 0 Å². The Labute approximate surface area is 129 Å². The molecule has 1 amide bonds. The number of morpholine rings is 1. The summed E-state index contributed by atoms with van der Waals surface area (Å²) in [6.45, 7) is 8.85.